The lowest BCUT2D eigenvalue weighted by Gasteiger charge is -2.42. The number of benzene rings is 8. The smallest absolute Gasteiger partial charge is 0.200 e. The molecule has 0 saturated carbocycles. The summed E-state index contributed by atoms with van der Waals surface area (Å²) in [5, 5.41) is 8.98. The summed E-state index contributed by atoms with van der Waals surface area (Å²) < 4.78 is 8.65. The van der Waals surface area contributed by atoms with E-state index in [2.05, 4.69) is 244 Å². The van der Waals surface area contributed by atoms with E-state index in [1.54, 1.807) is 0 Å². The van der Waals surface area contributed by atoms with Crippen molar-refractivity contribution in [3.05, 3.63) is 186 Å². The summed E-state index contributed by atoms with van der Waals surface area (Å²) in [4.78, 5) is 2.64. The summed E-state index contributed by atoms with van der Waals surface area (Å²) in [7, 11) is 0.754. The zero-order valence-electron chi connectivity index (χ0n) is 45.8. The number of thiophene rings is 1. The normalized spacial score (nSPS) is 17.0. The first-order valence-corrected chi connectivity index (χ1v) is 28.3. The Balaban J connectivity index is 1.14. The van der Waals surface area contributed by atoms with Crippen LogP contribution in [0.4, 0.5) is 27.8 Å². The van der Waals surface area contributed by atoms with Crippen LogP contribution in [-0.2, 0) is 27.1 Å². The number of fused-ring (bicyclic) bond motifs is 10. The van der Waals surface area contributed by atoms with Crippen molar-refractivity contribution in [2.45, 2.75) is 129 Å². The molecule has 0 radical (unpaired) electrons. The van der Waals surface area contributed by atoms with E-state index in [4.69, 9.17) is 4.42 Å². The maximum Gasteiger partial charge on any atom is 0.200 e. The Morgan fingerprint density at radius 3 is 1.83 bits per heavy atom. The number of hydrogen-bond acceptors (Lipinski definition) is 4. The molecule has 3 nitrogen and oxygen atoms in total. The predicted octanol–water partition coefficient (Wildman–Crippen LogP) is 18.7. The third kappa shape index (κ3) is 7.81. The van der Waals surface area contributed by atoms with Gasteiger partial charge in [-0.25, -0.2) is 0 Å². The van der Waals surface area contributed by atoms with Crippen LogP contribution in [0, 0.1) is 0 Å². The number of nitrogens with one attached hydrogen (secondary N) is 1. The van der Waals surface area contributed by atoms with Gasteiger partial charge in [0.25, 0.3) is 0 Å². The van der Waals surface area contributed by atoms with Crippen molar-refractivity contribution in [2.24, 2.45) is 0 Å². The molecule has 13 rings (SSSR count). The minimum absolute atomic E-state index is 0.0559. The summed E-state index contributed by atoms with van der Waals surface area (Å²) in [5.74, 6) is 0. The summed E-state index contributed by atoms with van der Waals surface area (Å²) in [5.41, 5.74) is 23.6. The zero-order chi connectivity index (χ0) is 52.0. The molecule has 3 aliphatic rings. The first-order chi connectivity index (χ1) is 35.8. The van der Waals surface area contributed by atoms with Crippen molar-refractivity contribution in [3.8, 4) is 33.4 Å². The van der Waals surface area contributed by atoms with E-state index in [0.717, 1.165) is 58.4 Å². The lowest BCUT2D eigenvalue weighted by atomic mass is 9.57. The van der Waals surface area contributed by atoms with Crippen molar-refractivity contribution in [1.82, 2.24) is 0 Å². The van der Waals surface area contributed by atoms with E-state index >= 15 is 0 Å². The fourth-order valence-electron chi connectivity index (χ4n) is 13.1. The molecule has 0 saturated heterocycles. The van der Waals surface area contributed by atoms with E-state index in [1.165, 1.54) is 106 Å². The Hall–Kier alpha value is -6.82. The van der Waals surface area contributed by atoms with Gasteiger partial charge in [0.2, 0.25) is 7.28 Å². The van der Waals surface area contributed by atoms with Gasteiger partial charge in [0.15, 0.2) is 5.58 Å². The number of para-hydroxylation sites is 1. The maximum absolute atomic E-state index is 7.30. The lowest BCUT2D eigenvalue weighted by molar-refractivity contribution is 0.332. The first-order valence-electron chi connectivity index (χ1n) is 27.5. The monoisotopic (exact) mass is 997 g/mol. The van der Waals surface area contributed by atoms with Crippen LogP contribution in [0.15, 0.2) is 162 Å². The molecule has 0 bridgehead atoms. The van der Waals surface area contributed by atoms with Crippen LogP contribution in [0.2, 0.25) is 0 Å². The van der Waals surface area contributed by atoms with Crippen LogP contribution in [-0.4, -0.2) is 7.28 Å². The summed E-state index contributed by atoms with van der Waals surface area (Å²) >= 11 is 1.96. The van der Waals surface area contributed by atoms with Gasteiger partial charge in [-0.15, -0.1) is 11.3 Å². The van der Waals surface area contributed by atoms with Crippen molar-refractivity contribution in [3.63, 3.8) is 0 Å². The van der Waals surface area contributed by atoms with E-state index in [0.29, 0.717) is 0 Å². The Bertz CT molecular complexity index is 3940. The van der Waals surface area contributed by atoms with Crippen LogP contribution >= 0.6 is 11.3 Å². The summed E-state index contributed by atoms with van der Waals surface area (Å²) in [6.45, 7) is 26.5. The van der Waals surface area contributed by atoms with E-state index < -0.39 is 0 Å². The topological polar surface area (TPSA) is 28.4 Å². The van der Waals surface area contributed by atoms with Gasteiger partial charge in [-0.3, -0.25) is 4.90 Å². The predicted molar refractivity (Wildman–Crippen MR) is 326 cm³/mol. The molecule has 5 heteroatoms. The van der Waals surface area contributed by atoms with Gasteiger partial charge in [0.1, 0.15) is 5.58 Å². The van der Waals surface area contributed by atoms with Gasteiger partial charge in [-0.2, -0.15) is 0 Å². The quantitative estimate of drug-likeness (QED) is 0.168. The second kappa shape index (κ2) is 16.8. The molecule has 1 N–H and O–H groups in total. The van der Waals surface area contributed by atoms with E-state index in [9.17, 15) is 0 Å². The molecule has 3 heterocycles. The highest BCUT2D eigenvalue weighted by atomic mass is 32.1. The molecular formula is C70H69BN2OS. The van der Waals surface area contributed by atoms with Gasteiger partial charge >= 0.3 is 0 Å². The van der Waals surface area contributed by atoms with Crippen molar-refractivity contribution < 1.29 is 4.42 Å². The molecule has 374 valence electrons. The molecule has 75 heavy (non-hydrogen) atoms. The fourth-order valence-corrected chi connectivity index (χ4v) is 14.4. The molecular weight excluding hydrogens is 928 g/mol. The standard InChI is InChI=1S/C70H69BN2OS/c1-66(2,3)45-27-31-58(48(37-45)43-22-16-13-17-23-43)73-63-61(71-62-52-40-55-56(41-60(52)75-65(62)73)70(10,11)35-34-69(55,8)9)50(39-51-47-24-18-19-25-59(47)74-64(51)63)49-36-44(42-20-14-12-15-21-42)26-30-57(49)72-46-28-29-53-54(38-46)68(6,7)33-32-67(53,4)5/h12-31,36-41,71-72H,32-35H2,1-11H3. The SMILES string of the molecule is CC(C)(C)c1ccc(N2c3sc4cc5c(cc4c3Bc3c(-c4cc(-c6ccccc6)ccc4Nc4ccc6c(c4)C(C)(C)CCC6(C)C)cc4c(oc6ccccc64)c32)C(C)(C)CCC5(C)C)c(-c2ccccc2)c1. The molecule has 0 spiro atoms. The number of nitrogens with zero attached hydrogens (tertiary/aromatic N) is 1. The molecule has 8 aromatic carbocycles. The Morgan fingerprint density at radius 2 is 1.13 bits per heavy atom. The van der Waals surface area contributed by atoms with Gasteiger partial charge < -0.3 is 9.73 Å². The van der Waals surface area contributed by atoms with Gasteiger partial charge in [-0.05, 0) is 180 Å². The molecule has 2 aliphatic carbocycles. The average Bonchev–Trinajstić information content (AvgIpc) is 3.99. The number of hydrogen-bond donors (Lipinski definition) is 1. The third-order valence-electron chi connectivity index (χ3n) is 18.0. The van der Waals surface area contributed by atoms with Crippen LogP contribution in [0.1, 0.15) is 130 Å². The average molecular weight is 997 g/mol. The van der Waals surface area contributed by atoms with Crippen LogP contribution < -0.4 is 21.1 Å². The number of rotatable bonds is 6. The second-order valence-corrected chi connectivity index (χ2v) is 26.9. The molecule has 0 amide bonds. The molecule has 0 unspecified atom stereocenters. The Kier molecular flexibility index (Phi) is 10.8. The van der Waals surface area contributed by atoms with Crippen molar-refractivity contribution >= 4 is 89.3 Å². The largest absolute Gasteiger partial charge is 0.454 e. The molecule has 0 fully saturated rings. The van der Waals surface area contributed by atoms with Crippen LogP contribution in [0.3, 0.4) is 0 Å². The van der Waals surface area contributed by atoms with Gasteiger partial charge in [-0.1, -0.05) is 173 Å². The highest BCUT2D eigenvalue weighted by Gasteiger charge is 2.41. The minimum Gasteiger partial charge on any atom is -0.454 e. The minimum atomic E-state index is -0.0559. The first kappa shape index (κ1) is 47.9. The lowest BCUT2D eigenvalue weighted by Crippen LogP contribution is -2.40. The van der Waals surface area contributed by atoms with Gasteiger partial charge in [0.05, 0.1) is 16.4 Å². The molecule has 1 aliphatic heterocycles. The summed E-state index contributed by atoms with van der Waals surface area (Å²) in [6.07, 6.45) is 4.69. The molecule has 2 aromatic heterocycles. The Labute approximate surface area is 449 Å². The van der Waals surface area contributed by atoms with Gasteiger partial charge in [0, 0.05) is 38.0 Å². The van der Waals surface area contributed by atoms with Crippen LogP contribution in [0.5, 0.6) is 0 Å². The van der Waals surface area contributed by atoms with Crippen molar-refractivity contribution in [2.75, 3.05) is 10.2 Å². The highest BCUT2D eigenvalue weighted by Crippen LogP contribution is 2.54. The zero-order valence-corrected chi connectivity index (χ0v) is 46.6. The molecule has 10 aromatic rings. The second-order valence-electron chi connectivity index (χ2n) is 25.9. The van der Waals surface area contributed by atoms with E-state index in [1.807, 2.05) is 11.3 Å². The van der Waals surface area contributed by atoms with Crippen molar-refractivity contribution in [1.29, 1.82) is 0 Å². The van der Waals surface area contributed by atoms with Crippen LogP contribution in [0.25, 0.3) is 65.4 Å². The third-order valence-corrected chi connectivity index (χ3v) is 19.2. The fraction of sp³-hybridized carbons (Fsp3) is 0.286. The highest BCUT2D eigenvalue weighted by molar-refractivity contribution is 7.25. The maximum atomic E-state index is 7.30. The Morgan fingerprint density at radius 1 is 0.507 bits per heavy atom. The number of furan rings is 1. The van der Waals surface area contributed by atoms with E-state index in [-0.39, 0.29) is 27.1 Å². The summed E-state index contributed by atoms with van der Waals surface area (Å²) in [6, 6.07) is 59.8. The number of anilines is 5. The molecule has 0 atom stereocenters.